The highest BCUT2D eigenvalue weighted by Gasteiger charge is 2.32. The molecule has 0 aromatic rings. The fourth-order valence-electron chi connectivity index (χ4n) is 2.74. The van der Waals surface area contributed by atoms with Crippen LogP contribution in [-0.4, -0.2) is 48.6 Å². The van der Waals surface area contributed by atoms with Crippen molar-refractivity contribution in [2.24, 2.45) is 11.7 Å². The Labute approximate surface area is 105 Å². The number of amides is 2. The zero-order valence-corrected chi connectivity index (χ0v) is 11.5. The summed E-state index contributed by atoms with van der Waals surface area (Å²) in [5.74, 6) is 0.484. The summed E-state index contributed by atoms with van der Waals surface area (Å²) in [4.78, 5) is 16.1. The fraction of sp³-hybridized carbons (Fsp3) is 0.923. The van der Waals surface area contributed by atoms with Crippen molar-refractivity contribution in [3.8, 4) is 0 Å². The Morgan fingerprint density at radius 3 is 2.41 bits per heavy atom. The van der Waals surface area contributed by atoms with Gasteiger partial charge in [-0.15, -0.1) is 0 Å². The van der Waals surface area contributed by atoms with Crippen LogP contribution in [0.4, 0.5) is 4.79 Å². The van der Waals surface area contributed by atoms with Gasteiger partial charge in [-0.3, -0.25) is 0 Å². The Morgan fingerprint density at radius 2 is 1.88 bits per heavy atom. The van der Waals surface area contributed by atoms with Crippen molar-refractivity contribution in [3.05, 3.63) is 0 Å². The Morgan fingerprint density at radius 1 is 1.24 bits per heavy atom. The number of urea groups is 1. The summed E-state index contributed by atoms with van der Waals surface area (Å²) in [6.45, 7) is 6.31. The highest BCUT2D eigenvalue weighted by molar-refractivity contribution is 5.74. The zero-order valence-electron chi connectivity index (χ0n) is 11.5. The minimum absolute atomic E-state index is 0.153. The highest BCUT2D eigenvalue weighted by atomic mass is 16.2. The molecule has 1 rings (SSSR count). The van der Waals surface area contributed by atoms with E-state index in [-0.39, 0.29) is 6.03 Å². The Hall–Kier alpha value is -0.770. The van der Waals surface area contributed by atoms with Gasteiger partial charge >= 0.3 is 6.03 Å². The van der Waals surface area contributed by atoms with Crippen LogP contribution in [0.5, 0.6) is 0 Å². The first-order valence-corrected chi connectivity index (χ1v) is 6.87. The summed E-state index contributed by atoms with van der Waals surface area (Å²) in [6, 6.07) is 0.501. The van der Waals surface area contributed by atoms with E-state index in [1.165, 1.54) is 19.3 Å². The van der Waals surface area contributed by atoms with Crippen LogP contribution < -0.4 is 5.73 Å². The van der Waals surface area contributed by atoms with Crippen molar-refractivity contribution >= 4 is 6.03 Å². The molecule has 0 heterocycles. The number of nitrogens with two attached hydrogens (primary N) is 1. The molecule has 1 aliphatic rings. The summed E-state index contributed by atoms with van der Waals surface area (Å²) in [5.41, 5.74) is 5.84. The summed E-state index contributed by atoms with van der Waals surface area (Å²) < 4.78 is 0. The lowest BCUT2D eigenvalue weighted by Crippen LogP contribution is -2.51. The van der Waals surface area contributed by atoms with Gasteiger partial charge in [0.25, 0.3) is 0 Å². The number of hydrogen-bond donors (Lipinski definition) is 1. The van der Waals surface area contributed by atoms with Crippen molar-refractivity contribution in [2.75, 3.05) is 26.7 Å². The van der Waals surface area contributed by atoms with Crippen LogP contribution in [0.1, 0.15) is 39.5 Å². The summed E-state index contributed by atoms with van der Waals surface area (Å²) in [5, 5.41) is 0. The van der Waals surface area contributed by atoms with Crippen LogP contribution in [0.2, 0.25) is 0 Å². The Kier molecular flexibility index (Phi) is 5.75. The van der Waals surface area contributed by atoms with Gasteiger partial charge in [0.15, 0.2) is 0 Å². The van der Waals surface area contributed by atoms with Gasteiger partial charge in [-0.1, -0.05) is 12.8 Å². The van der Waals surface area contributed by atoms with E-state index in [0.29, 0.717) is 18.5 Å². The van der Waals surface area contributed by atoms with Crippen molar-refractivity contribution in [3.63, 3.8) is 0 Å². The number of hydrogen-bond acceptors (Lipinski definition) is 2. The molecule has 1 saturated carbocycles. The number of carbonyl (C=O) groups is 1. The quantitative estimate of drug-likeness (QED) is 0.817. The molecule has 4 heteroatoms. The van der Waals surface area contributed by atoms with E-state index in [0.717, 1.165) is 19.5 Å². The molecular formula is C13H27N3O. The molecule has 0 spiro atoms. The maximum Gasteiger partial charge on any atom is 0.319 e. The minimum Gasteiger partial charge on any atom is -0.330 e. The summed E-state index contributed by atoms with van der Waals surface area (Å²) >= 11 is 0. The van der Waals surface area contributed by atoms with Crippen LogP contribution in [0.3, 0.4) is 0 Å². The van der Waals surface area contributed by atoms with E-state index < -0.39 is 0 Å². The van der Waals surface area contributed by atoms with Gasteiger partial charge in [-0.05, 0) is 39.2 Å². The summed E-state index contributed by atoms with van der Waals surface area (Å²) in [6.07, 6.45) is 4.76. The number of carbonyl (C=O) groups excluding carboxylic acids is 1. The lowest BCUT2D eigenvalue weighted by atomic mass is 9.83. The van der Waals surface area contributed by atoms with Crippen LogP contribution in [0.15, 0.2) is 0 Å². The maximum absolute atomic E-state index is 12.3. The first kappa shape index (κ1) is 14.3. The molecule has 1 aliphatic carbocycles. The van der Waals surface area contributed by atoms with E-state index in [9.17, 15) is 4.79 Å². The van der Waals surface area contributed by atoms with Gasteiger partial charge in [0.05, 0.1) is 0 Å². The Balaban J connectivity index is 2.73. The summed E-state index contributed by atoms with van der Waals surface area (Å²) in [7, 11) is 1.87. The van der Waals surface area contributed by atoms with Crippen LogP contribution in [0, 0.1) is 5.92 Å². The lowest BCUT2D eigenvalue weighted by molar-refractivity contribution is 0.105. The van der Waals surface area contributed by atoms with Gasteiger partial charge in [0, 0.05) is 26.2 Å². The highest BCUT2D eigenvalue weighted by Crippen LogP contribution is 2.28. The molecule has 2 N–H and O–H groups in total. The molecule has 2 amide bonds. The van der Waals surface area contributed by atoms with E-state index in [1.807, 2.05) is 18.9 Å². The SMILES string of the molecule is CCN(C)C(=O)N(CC)C1CCCCC1CN. The second-order valence-corrected chi connectivity index (χ2v) is 4.93. The van der Waals surface area contributed by atoms with Gasteiger partial charge in [-0.25, -0.2) is 4.79 Å². The standard InChI is InChI=1S/C13H27N3O/c1-4-15(3)13(17)16(5-2)12-9-7-6-8-11(12)10-14/h11-12H,4-10,14H2,1-3H3. The smallest absolute Gasteiger partial charge is 0.319 e. The topological polar surface area (TPSA) is 49.6 Å². The van der Waals surface area contributed by atoms with Gasteiger partial charge in [0.1, 0.15) is 0 Å². The van der Waals surface area contributed by atoms with E-state index in [2.05, 4.69) is 6.92 Å². The second-order valence-electron chi connectivity index (χ2n) is 4.93. The zero-order chi connectivity index (χ0) is 12.8. The molecule has 100 valence electrons. The van der Waals surface area contributed by atoms with Crippen molar-refractivity contribution in [2.45, 2.75) is 45.6 Å². The first-order chi connectivity index (χ1) is 8.15. The molecule has 1 fully saturated rings. The minimum atomic E-state index is 0.153. The van der Waals surface area contributed by atoms with Crippen LogP contribution >= 0.6 is 0 Å². The predicted molar refractivity (Wildman–Crippen MR) is 70.9 cm³/mol. The number of nitrogens with zero attached hydrogens (tertiary/aromatic N) is 2. The van der Waals surface area contributed by atoms with Crippen LogP contribution in [-0.2, 0) is 0 Å². The second kappa shape index (κ2) is 6.84. The van der Waals surface area contributed by atoms with E-state index in [4.69, 9.17) is 5.73 Å². The molecule has 4 nitrogen and oxygen atoms in total. The Bertz CT molecular complexity index is 245. The first-order valence-electron chi connectivity index (χ1n) is 6.87. The lowest BCUT2D eigenvalue weighted by Gasteiger charge is -2.40. The van der Waals surface area contributed by atoms with E-state index in [1.54, 1.807) is 4.90 Å². The molecule has 0 bridgehead atoms. The van der Waals surface area contributed by atoms with E-state index >= 15 is 0 Å². The van der Waals surface area contributed by atoms with Crippen molar-refractivity contribution in [1.82, 2.24) is 9.80 Å². The van der Waals surface area contributed by atoms with Gasteiger partial charge in [-0.2, -0.15) is 0 Å². The fourth-order valence-corrected chi connectivity index (χ4v) is 2.74. The third-order valence-electron chi connectivity index (χ3n) is 3.96. The van der Waals surface area contributed by atoms with Crippen molar-refractivity contribution in [1.29, 1.82) is 0 Å². The maximum atomic E-state index is 12.3. The van der Waals surface area contributed by atoms with Gasteiger partial charge in [0.2, 0.25) is 0 Å². The molecule has 0 aromatic heterocycles. The molecule has 2 unspecified atom stereocenters. The largest absolute Gasteiger partial charge is 0.330 e. The van der Waals surface area contributed by atoms with Crippen LogP contribution in [0.25, 0.3) is 0 Å². The monoisotopic (exact) mass is 241 g/mol. The predicted octanol–water partition coefficient (Wildman–Crippen LogP) is 1.90. The molecular weight excluding hydrogens is 214 g/mol. The molecule has 0 saturated heterocycles. The average molecular weight is 241 g/mol. The number of rotatable bonds is 4. The molecule has 0 aliphatic heterocycles. The average Bonchev–Trinajstić information content (AvgIpc) is 2.39. The van der Waals surface area contributed by atoms with Gasteiger partial charge < -0.3 is 15.5 Å². The molecule has 17 heavy (non-hydrogen) atoms. The third kappa shape index (κ3) is 3.35. The molecule has 0 aromatic carbocycles. The molecule has 0 radical (unpaired) electrons. The normalized spacial score (nSPS) is 24.5. The molecule has 2 atom stereocenters. The third-order valence-corrected chi connectivity index (χ3v) is 3.96. The van der Waals surface area contributed by atoms with Crippen molar-refractivity contribution < 1.29 is 4.79 Å².